The predicted molar refractivity (Wildman–Crippen MR) is 90.8 cm³/mol. The van der Waals surface area contributed by atoms with Gasteiger partial charge in [0, 0.05) is 12.6 Å². The first kappa shape index (κ1) is 17.9. The molecule has 21 heavy (non-hydrogen) atoms. The molecule has 0 saturated heterocycles. The van der Waals surface area contributed by atoms with Crippen molar-refractivity contribution in [3.05, 3.63) is 29.8 Å². The van der Waals surface area contributed by atoms with Crippen LogP contribution < -0.4 is 10.5 Å². The van der Waals surface area contributed by atoms with E-state index in [0.29, 0.717) is 28.9 Å². The highest BCUT2D eigenvalue weighted by atomic mass is 32.1. The van der Waals surface area contributed by atoms with E-state index in [1.54, 1.807) is 0 Å². The molecule has 1 aromatic carbocycles. The fraction of sp³-hybridized carbons (Fsp3) is 0.562. The highest BCUT2D eigenvalue weighted by Crippen LogP contribution is 2.18. The molecule has 0 aliphatic carbocycles. The van der Waals surface area contributed by atoms with Crippen LogP contribution >= 0.6 is 12.2 Å². The smallest absolute Gasteiger partial charge is 0.129 e. The first-order chi connectivity index (χ1) is 9.99. The van der Waals surface area contributed by atoms with Crippen LogP contribution in [0.2, 0.25) is 0 Å². The number of hydrogen-bond acceptors (Lipinski definition) is 4. The van der Waals surface area contributed by atoms with Gasteiger partial charge in [0.2, 0.25) is 0 Å². The van der Waals surface area contributed by atoms with Gasteiger partial charge >= 0.3 is 0 Å². The van der Waals surface area contributed by atoms with Crippen molar-refractivity contribution in [3.63, 3.8) is 0 Å². The molecule has 0 radical (unpaired) electrons. The van der Waals surface area contributed by atoms with Crippen LogP contribution in [-0.4, -0.2) is 46.8 Å². The zero-order valence-corrected chi connectivity index (χ0v) is 13.9. The van der Waals surface area contributed by atoms with E-state index in [-0.39, 0.29) is 6.61 Å². The normalized spacial score (nSPS) is 14.0. The monoisotopic (exact) mass is 310 g/mol. The van der Waals surface area contributed by atoms with Gasteiger partial charge in [0.25, 0.3) is 0 Å². The van der Waals surface area contributed by atoms with Crippen molar-refractivity contribution in [1.82, 2.24) is 4.90 Å². The van der Waals surface area contributed by atoms with Crippen molar-refractivity contribution >= 4 is 17.2 Å². The van der Waals surface area contributed by atoms with Crippen molar-refractivity contribution < 1.29 is 9.84 Å². The summed E-state index contributed by atoms with van der Waals surface area (Å²) in [5.41, 5.74) is 6.36. The van der Waals surface area contributed by atoms with Crippen LogP contribution in [0.5, 0.6) is 5.75 Å². The average molecular weight is 310 g/mol. The van der Waals surface area contributed by atoms with E-state index in [1.165, 1.54) is 0 Å². The topological polar surface area (TPSA) is 58.7 Å². The van der Waals surface area contributed by atoms with Crippen molar-refractivity contribution in [2.24, 2.45) is 5.73 Å². The number of rotatable bonds is 9. The minimum atomic E-state index is -0.543. The van der Waals surface area contributed by atoms with Gasteiger partial charge in [0.1, 0.15) is 23.4 Å². The SMILES string of the molecule is CCC(C)N(CC)CC(O)COc1ccccc1C(N)=S. The van der Waals surface area contributed by atoms with Gasteiger partial charge in [-0.05, 0) is 32.0 Å². The van der Waals surface area contributed by atoms with E-state index in [2.05, 4.69) is 25.7 Å². The minimum absolute atomic E-state index is 0.229. The summed E-state index contributed by atoms with van der Waals surface area (Å²) in [6.45, 7) is 8.15. The van der Waals surface area contributed by atoms with E-state index in [1.807, 2.05) is 24.3 Å². The largest absolute Gasteiger partial charge is 0.490 e. The summed E-state index contributed by atoms with van der Waals surface area (Å²) in [5.74, 6) is 0.621. The Hall–Kier alpha value is -1.17. The maximum atomic E-state index is 10.2. The third-order valence-electron chi connectivity index (χ3n) is 3.65. The number of aliphatic hydroxyl groups is 1. The summed E-state index contributed by atoms with van der Waals surface area (Å²) in [4.78, 5) is 2.54. The molecule has 4 nitrogen and oxygen atoms in total. The summed E-state index contributed by atoms with van der Waals surface area (Å²) in [6, 6.07) is 7.81. The van der Waals surface area contributed by atoms with Crippen molar-refractivity contribution in [1.29, 1.82) is 0 Å². The summed E-state index contributed by atoms with van der Waals surface area (Å²) in [7, 11) is 0. The number of thiocarbonyl (C=S) groups is 1. The molecule has 2 unspecified atom stereocenters. The second-order valence-corrected chi connectivity index (χ2v) is 5.61. The Bertz CT molecular complexity index is 454. The molecule has 0 aliphatic rings. The number of benzene rings is 1. The second-order valence-electron chi connectivity index (χ2n) is 5.17. The molecule has 0 aliphatic heterocycles. The Labute approximate surface area is 132 Å². The maximum absolute atomic E-state index is 10.2. The zero-order chi connectivity index (χ0) is 15.8. The summed E-state index contributed by atoms with van der Waals surface area (Å²) in [5, 5.41) is 10.2. The molecule has 0 saturated carbocycles. The molecular weight excluding hydrogens is 284 g/mol. The Kier molecular flexibility index (Phi) is 7.64. The molecular formula is C16H26N2O2S. The number of ether oxygens (including phenoxy) is 1. The van der Waals surface area contributed by atoms with Crippen LogP contribution in [-0.2, 0) is 0 Å². The highest BCUT2D eigenvalue weighted by molar-refractivity contribution is 7.80. The molecule has 0 aromatic heterocycles. The summed E-state index contributed by atoms with van der Waals surface area (Å²) >= 11 is 5.00. The molecule has 0 fully saturated rings. The van der Waals surface area contributed by atoms with Gasteiger partial charge in [0.15, 0.2) is 0 Å². The minimum Gasteiger partial charge on any atom is -0.490 e. The molecule has 0 bridgehead atoms. The molecule has 118 valence electrons. The number of nitrogens with two attached hydrogens (primary N) is 1. The van der Waals surface area contributed by atoms with Crippen molar-refractivity contribution in [2.75, 3.05) is 19.7 Å². The lowest BCUT2D eigenvalue weighted by molar-refractivity contribution is 0.0563. The molecule has 5 heteroatoms. The van der Waals surface area contributed by atoms with Gasteiger partial charge in [-0.25, -0.2) is 0 Å². The highest BCUT2D eigenvalue weighted by Gasteiger charge is 2.16. The number of aliphatic hydroxyl groups excluding tert-OH is 1. The van der Waals surface area contributed by atoms with E-state index in [4.69, 9.17) is 22.7 Å². The number of hydrogen-bond donors (Lipinski definition) is 2. The molecule has 0 spiro atoms. The lowest BCUT2D eigenvalue weighted by Gasteiger charge is -2.29. The fourth-order valence-electron chi connectivity index (χ4n) is 2.18. The molecule has 1 aromatic rings. The maximum Gasteiger partial charge on any atom is 0.129 e. The number of likely N-dealkylation sites (N-methyl/N-ethyl adjacent to an activating group) is 1. The lowest BCUT2D eigenvalue weighted by Crippen LogP contribution is -2.40. The third kappa shape index (κ3) is 5.61. The average Bonchev–Trinajstić information content (AvgIpc) is 2.49. The predicted octanol–water partition coefficient (Wildman–Crippen LogP) is 2.18. The van der Waals surface area contributed by atoms with Gasteiger partial charge in [-0.15, -0.1) is 0 Å². The Morgan fingerprint density at radius 2 is 2.05 bits per heavy atom. The quantitative estimate of drug-likeness (QED) is 0.685. The molecule has 1 rings (SSSR count). The molecule has 3 N–H and O–H groups in total. The Balaban J connectivity index is 2.57. The van der Waals surface area contributed by atoms with Gasteiger partial charge < -0.3 is 15.6 Å². The van der Waals surface area contributed by atoms with Gasteiger partial charge in [-0.1, -0.05) is 38.2 Å². The number of nitrogens with zero attached hydrogens (tertiary/aromatic N) is 1. The number of para-hydroxylation sites is 1. The van der Waals surface area contributed by atoms with Crippen molar-refractivity contribution in [2.45, 2.75) is 39.3 Å². The first-order valence-electron chi connectivity index (χ1n) is 7.43. The Morgan fingerprint density at radius 3 is 2.62 bits per heavy atom. The zero-order valence-electron chi connectivity index (χ0n) is 13.1. The van der Waals surface area contributed by atoms with Gasteiger partial charge in [0.05, 0.1) is 5.56 Å². The van der Waals surface area contributed by atoms with E-state index in [0.717, 1.165) is 13.0 Å². The molecule has 0 heterocycles. The van der Waals surface area contributed by atoms with E-state index < -0.39 is 6.10 Å². The third-order valence-corrected chi connectivity index (χ3v) is 3.87. The van der Waals surface area contributed by atoms with E-state index >= 15 is 0 Å². The van der Waals surface area contributed by atoms with Crippen LogP contribution in [0, 0.1) is 0 Å². The van der Waals surface area contributed by atoms with Gasteiger partial charge in [-0.3, -0.25) is 4.90 Å². The standard InChI is InChI=1S/C16H26N2O2S/c1-4-12(3)18(5-2)10-13(19)11-20-15-9-7-6-8-14(15)16(17)21/h6-9,12-13,19H,4-5,10-11H2,1-3H3,(H2,17,21). The van der Waals surface area contributed by atoms with Crippen LogP contribution in [0.15, 0.2) is 24.3 Å². The molecule has 0 amide bonds. The van der Waals surface area contributed by atoms with Crippen molar-refractivity contribution in [3.8, 4) is 5.75 Å². The summed E-state index contributed by atoms with van der Waals surface area (Å²) in [6.07, 6.45) is 0.518. The first-order valence-corrected chi connectivity index (χ1v) is 7.84. The molecule has 2 atom stereocenters. The second kappa shape index (κ2) is 8.97. The van der Waals surface area contributed by atoms with Crippen LogP contribution in [0.4, 0.5) is 0 Å². The van der Waals surface area contributed by atoms with E-state index in [9.17, 15) is 5.11 Å². The Morgan fingerprint density at radius 1 is 1.38 bits per heavy atom. The summed E-state index contributed by atoms with van der Waals surface area (Å²) < 4.78 is 5.67. The van der Waals surface area contributed by atoms with Crippen LogP contribution in [0.25, 0.3) is 0 Å². The van der Waals surface area contributed by atoms with Crippen LogP contribution in [0.3, 0.4) is 0 Å². The van der Waals surface area contributed by atoms with Gasteiger partial charge in [-0.2, -0.15) is 0 Å². The lowest BCUT2D eigenvalue weighted by atomic mass is 10.2. The van der Waals surface area contributed by atoms with Crippen LogP contribution in [0.1, 0.15) is 32.8 Å². The fourth-order valence-corrected chi connectivity index (χ4v) is 2.35.